The average molecular weight is 423 g/mol. The maximum atomic E-state index is 13.8. The van der Waals surface area contributed by atoms with Crippen LogP contribution in [0.25, 0.3) is 0 Å². The van der Waals surface area contributed by atoms with Gasteiger partial charge in [-0.1, -0.05) is 29.8 Å². The maximum Gasteiger partial charge on any atom is 0.439 e. The van der Waals surface area contributed by atoms with E-state index >= 15 is 0 Å². The molecule has 0 spiro atoms. The number of amides is 1. The molecular weight excluding hydrogens is 403 g/mol. The van der Waals surface area contributed by atoms with Crippen molar-refractivity contribution in [3.63, 3.8) is 0 Å². The second-order valence-corrected chi connectivity index (χ2v) is 8.22. The van der Waals surface area contributed by atoms with Crippen LogP contribution in [0.15, 0.2) is 36.4 Å². The standard InChI is InChI=1S/C19H20ClN2O5P/c1-4-26-28(25,27-5-2)22-16-11-6-8-13(12(3)23)17(16)19(24)21-15-10-7-9-14(20)18(15)22/h6-11H,4-5H2,1-3H3,(H,21,24). The lowest BCUT2D eigenvalue weighted by Gasteiger charge is -2.32. The van der Waals surface area contributed by atoms with Crippen molar-refractivity contribution >= 4 is 48.1 Å². The Morgan fingerprint density at radius 2 is 1.79 bits per heavy atom. The number of carbonyl (C=O) groups is 2. The number of Topliss-reactive ketones (excluding diaryl/α,β-unsaturated/α-hetero) is 1. The summed E-state index contributed by atoms with van der Waals surface area (Å²) in [6.07, 6.45) is 0. The van der Waals surface area contributed by atoms with Gasteiger partial charge in [-0.05, 0) is 39.0 Å². The van der Waals surface area contributed by atoms with Crippen molar-refractivity contribution in [3.8, 4) is 0 Å². The molecule has 0 unspecified atom stereocenters. The molecule has 0 atom stereocenters. The Bertz CT molecular complexity index is 984. The van der Waals surface area contributed by atoms with Gasteiger partial charge in [0.1, 0.15) is 0 Å². The highest BCUT2D eigenvalue weighted by molar-refractivity contribution is 7.56. The number of hydrogen-bond acceptors (Lipinski definition) is 5. The van der Waals surface area contributed by atoms with E-state index in [4.69, 9.17) is 20.6 Å². The van der Waals surface area contributed by atoms with Crippen LogP contribution in [0.5, 0.6) is 0 Å². The molecule has 0 saturated carbocycles. The molecule has 1 aliphatic rings. The lowest BCUT2D eigenvalue weighted by Crippen LogP contribution is -2.20. The van der Waals surface area contributed by atoms with Crippen LogP contribution in [0.1, 0.15) is 41.5 Å². The van der Waals surface area contributed by atoms with Gasteiger partial charge in [-0.25, -0.2) is 9.24 Å². The van der Waals surface area contributed by atoms with Crippen molar-refractivity contribution in [3.05, 3.63) is 52.5 Å². The van der Waals surface area contributed by atoms with Crippen molar-refractivity contribution in [1.29, 1.82) is 0 Å². The molecule has 3 rings (SSSR count). The molecular formula is C19H20ClN2O5P. The molecule has 2 aromatic rings. The van der Waals surface area contributed by atoms with Crippen LogP contribution in [0.4, 0.5) is 17.1 Å². The molecule has 9 heteroatoms. The van der Waals surface area contributed by atoms with Gasteiger partial charge in [-0.15, -0.1) is 0 Å². The van der Waals surface area contributed by atoms with Crippen molar-refractivity contribution in [2.45, 2.75) is 20.8 Å². The van der Waals surface area contributed by atoms with Crippen LogP contribution < -0.4 is 9.99 Å². The van der Waals surface area contributed by atoms with Gasteiger partial charge in [0.25, 0.3) is 5.91 Å². The molecule has 1 N–H and O–H groups in total. The minimum Gasteiger partial charge on any atom is -0.320 e. The Kier molecular flexibility index (Phi) is 5.91. The predicted molar refractivity (Wildman–Crippen MR) is 109 cm³/mol. The molecule has 0 aromatic heterocycles. The van der Waals surface area contributed by atoms with E-state index in [2.05, 4.69) is 5.32 Å². The van der Waals surface area contributed by atoms with Crippen LogP contribution in [0, 0.1) is 0 Å². The van der Waals surface area contributed by atoms with E-state index in [0.29, 0.717) is 5.69 Å². The summed E-state index contributed by atoms with van der Waals surface area (Å²) in [5, 5.41) is 3.00. The number of ketones is 1. The average Bonchev–Trinajstić information content (AvgIpc) is 2.77. The second-order valence-electron chi connectivity index (χ2n) is 5.96. The molecule has 1 heterocycles. The Labute approximate surface area is 168 Å². The molecule has 148 valence electrons. The van der Waals surface area contributed by atoms with Gasteiger partial charge in [0.05, 0.1) is 40.9 Å². The summed E-state index contributed by atoms with van der Waals surface area (Å²) >= 11 is 6.44. The molecule has 2 aromatic carbocycles. The number of para-hydroxylation sites is 1. The Morgan fingerprint density at radius 1 is 1.14 bits per heavy atom. The lowest BCUT2D eigenvalue weighted by atomic mass is 10.0. The summed E-state index contributed by atoms with van der Waals surface area (Å²) < 4.78 is 26.2. The number of nitrogens with one attached hydrogen (secondary N) is 1. The monoisotopic (exact) mass is 422 g/mol. The summed E-state index contributed by atoms with van der Waals surface area (Å²) in [5.41, 5.74) is 1.12. The van der Waals surface area contributed by atoms with Gasteiger partial charge in [0.15, 0.2) is 5.78 Å². The number of nitrogens with zero attached hydrogens (tertiary/aromatic N) is 1. The molecule has 0 saturated heterocycles. The van der Waals surface area contributed by atoms with Crippen molar-refractivity contribution in [1.82, 2.24) is 0 Å². The Morgan fingerprint density at radius 3 is 2.39 bits per heavy atom. The number of halogens is 1. The predicted octanol–water partition coefficient (Wildman–Crippen LogP) is 5.43. The summed E-state index contributed by atoms with van der Waals surface area (Å²) in [6.45, 7) is 4.96. The van der Waals surface area contributed by atoms with Gasteiger partial charge >= 0.3 is 7.75 Å². The smallest absolute Gasteiger partial charge is 0.320 e. The third-order valence-electron chi connectivity index (χ3n) is 4.15. The normalized spacial score (nSPS) is 13.4. The first-order valence-electron chi connectivity index (χ1n) is 8.77. The van der Waals surface area contributed by atoms with Crippen LogP contribution in [0.2, 0.25) is 5.02 Å². The van der Waals surface area contributed by atoms with Crippen LogP contribution >= 0.6 is 19.3 Å². The van der Waals surface area contributed by atoms with E-state index in [1.54, 1.807) is 50.2 Å². The molecule has 1 amide bonds. The first-order valence-corrected chi connectivity index (χ1v) is 10.6. The molecule has 0 aliphatic carbocycles. The van der Waals surface area contributed by atoms with Crippen LogP contribution in [-0.4, -0.2) is 24.9 Å². The van der Waals surface area contributed by atoms with Gasteiger partial charge < -0.3 is 5.32 Å². The largest absolute Gasteiger partial charge is 0.439 e. The quantitative estimate of drug-likeness (QED) is 0.493. The second kappa shape index (κ2) is 8.05. The highest BCUT2D eigenvalue weighted by Gasteiger charge is 2.42. The number of fused-ring (bicyclic) bond motifs is 2. The number of rotatable bonds is 6. The minimum absolute atomic E-state index is 0.0851. The Hall–Kier alpha value is -2.18. The van der Waals surface area contributed by atoms with E-state index in [-0.39, 0.29) is 46.5 Å². The first-order chi connectivity index (χ1) is 13.3. The minimum atomic E-state index is -3.95. The van der Waals surface area contributed by atoms with Crippen molar-refractivity contribution in [2.75, 3.05) is 23.2 Å². The van der Waals surface area contributed by atoms with E-state index in [1.165, 1.54) is 11.6 Å². The van der Waals surface area contributed by atoms with E-state index in [1.807, 2.05) is 0 Å². The third kappa shape index (κ3) is 3.47. The highest BCUT2D eigenvalue weighted by Crippen LogP contribution is 2.62. The molecule has 28 heavy (non-hydrogen) atoms. The van der Waals surface area contributed by atoms with Crippen LogP contribution in [0.3, 0.4) is 0 Å². The topological polar surface area (TPSA) is 84.9 Å². The zero-order valence-corrected chi connectivity index (χ0v) is 17.3. The van der Waals surface area contributed by atoms with Crippen molar-refractivity contribution < 1.29 is 23.2 Å². The van der Waals surface area contributed by atoms with E-state index in [9.17, 15) is 14.2 Å². The Balaban J connectivity index is 2.42. The van der Waals surface area contributed by atoms with E-state index in [0.717, 1.165) is 0 Å². The summed E-state index contributed by atoms with van der Waals surface area (Å²) in [5.74, 6) is -0.807. The summed E-state index contributed by atoms with van der Waals surface area (Å²) in [4.78, 5) is 25.2. The number of anilines is 3. The zero-order chi connectivity index (χ0) is 20.5. The van der Waals surface area contributed by atoms with Gasteiger partial charge in [0, 0.05) is 5.56 Å². The van der Waals surface area contributed by atoms with Gasteiger partial charge in [0.2, 0.25) is 0 Å². The fourth-order valence-corrected chi connectivity index (χ4v) is 5.29. The fourth-order valence-electron chi connectivity index (χ4n) is 3.12. The third-order valence-corrected chi connectivity index (χ3v) is 6.53. The fraction of sp³-hybridized carbons (Fsp3) is 0.263. The first kappa shape index (κ1) is 20.6. The summed E-state index contributed by atoms with van der Waals surface area (Å²) in [6, 6.07) is 9.65. The highest BCUT2D eigenvalue weighted by atomic mass is 35.5. The van der Waals surface area contributed by atoms with Crippen LogP contribution in [-0.2, 0) is 13.6 Å². The molecule has 7 nitrogen and oxygen atoms in total. The number of benzene rings is 2. The van der Waals surface area contributed by atoms with Gasteiger partial charge in [-0.2, -0.15) is 0 Å². The molecule has 0 fully saturated rings. The molecule has 0 radical (unpaired) electrons. The molecule has 0 bridgehead atoms. The molecule has 1 aliphatic heterocycles. The lowest BCUT2D eigenvalue weighted by molar-refractivity contribution is 0.0986. The number of carbonyl (C=O) groups excluding carboxylic acids is 2. The van der Waals surface area contributed by atoms with Gasteiger partial charge in [-0.3, -0.25) is 18.6 Å². The van der Waals surface area contributed by atoms with Crippen molar-refractivity contribution in [2.24, 2.45) is 0 Å². The maximum absolute atomic E-state index is 13.8. The SMILES string of the molecule is CCOP(=O)(OCC)N1c2cccc(C(C)=O)c2C(=O)Nc2cccc(Cl)c21. The zero-order valence-electron chi connectivity index (χ0n) is 15.7. The summed E-state index contributed by atoms with van der Waals surface area (Å²) in [7, 11) is -3.95. The number of hydrogen-bond donors (Lipinski definition) is 1. The van der Waals surface area contributed by atoms with E-state index < -0.39 is 13.7 Å².